The third-order valence-electron chi connectivity index (χ3n) is 5.61. The first-order valence-electron chi connectivity index (χ1n) is 11.1. The number of halogens is 1. The molecule has 0 saturated carbocycles. The summed E-state index contributed by atoms with van der Waals surface area (Å²) in [5.41, 5.74) is -0.144. The van der Waals surface area contributed by atoms with Crippen LogP contribution in [-0.4, -0.2) is 64.5 Å². The number of hydrogen-bond acceptors (Lipinski definition) is 6. The Kier molecular flexibility index (Phi) is 7.29. The molecule has 0 radical (unpaired) electrons. The van der Waals surface area contributed by atoms with E-state index in [1.54, 1.807) is 12.1 Å². The van der Waals surface area contributed by atoms with Gasteiger partial charge in [-0.05, 0) is 30.7 Å². The Morgan fingerprint density at radius 2 is 1.85 bits per heavy atom. The van der Waals surface area contributed by atoms with Gasteiger partial charge < -0.3 is 10.1 Å². The molecule has 0 bridgehead atoms. The molecule has 1 aromatic heterocycles. The molecule has 0 atom stereocenters. The summed E-state index contributed by atoms with van der Waals surface area (Å²) in [5.74, 6) is -1.26. The third kappa shape index (κ3) is 5.46. The van der Waals surface area contributed by atoms with Crippen LogP contribution in [0.2, 0.25) is 0 Å². The van der Waals surface area contributed by atoms with Gasteiger partial charge in [-0.1, -0.05) is 35.9 Å². The summed E-state index contributed by atoms with van der Waals surface area (Å²) in [6.45, 7) is 5.58. The Bertz CT molecular complexity index is 1280. The number of morpholine rings is 1. The lowest BCUT2D eigenvalue weighted by Gasteiger charge is -2.26. The molecule has 178 valence electrons. The van der Waals surface area contributed by atoms with Gasteiger partial charge in [-0.2, -0.15) is 9.78 Å². The van der Waals surface area contributed by atoms with Crippen LogP contribution in [0.5, 0.6) is 0 Å². The summed E-state index contributed by atoms with van der Waals surface area (Å²) in [5, 5.41) is 6.73. The number of amides is 1. The van der Waals surface area contributed by atoms with E-state index in [0.29, 0.717) is 31.9 Å². The lowest BCUT2D eigenvalue weighted by atomic mass is 10.1. The maximum Gasteiger partial charge on any atom is 0.352 e. The number of benzene rings is 2. The quantitative estimate of drug-likeness (QED) is 0.556. The molecule has 2 heterocycles. The van der Waals surface area contributed by atoms with Crippen molar-refractivity contribution in [3.8, 4) is 5.69 Å². The molecule has 34 heavy (non-hydrogen) atoms. The van der Waals surface area contributed by atoms with Crippen molar-refractivity contribution >= 4 is 5.91 Å². The molecule has 1 fully saturated rings. The smallest absolute Gasteiger partial charge is 0.352 e. The van der Waals surface area contributed by atoms with Gasteiger partial charge in [-0.15, -0.1) is 0 Å². The van der Waals surface area contributed by atoms with E-state index < -0.39 is 28.7 Å². The van der Waals surface area contributed by atoms with Crippen LogP contribution in [0.25, 0.3) is 5.69 Å². The van der Waals surface area contributed by atoms with E-state index in [4.69, 9.17) is 4.74 Å². The first-order chi connectivity index (χ1) is 16.4. The molecule has 0 aliphatic carbocycles. The SMILES string of the molecule is Cc1ccc(Cn2c(=O)c(C(=O)NCCN3CCOCC3)nn(-c3cccc(F)c3)c2=O)cc1. The van der Waals surface area contributed by atoms with Gasteiger partial charge in [0.05, 0.1) is 25.4 Å². The molecule has 1 saturated heterocycles. The average molecular weight is 468 g/mol. The first-order valence-corrected chi connectivity index (χ1v) is 11.1. The fourth-order valence-corrected chi connectivity index (χ4v) is 3.68. The van der Waals surface area contributed by atoms with E-state index >= 15 is 0 Å². The van der Waals surface area contributed by atoms with Gasteiger partial charge in [0.15, 0.2) is 0 Å². The summed E-state index contributed by atoms with van der Waals surface area (Å²) in [6.07, 6.45) is 0. The summed E-state index contributed by atoms with van der Waals surface area (Å²) in [7, 11) is 0. The second-order valence-electron chi connectivity index (χ2n) is 8.11. The Morgan fingerprint density at radius 1 is 1.12 bits per heavy atom. The van der Waals surface area contributed by atoms with E-state index in [1.165, 1.54) is 18.2 Å². The van der Waals surface area contributed by atoms with Crippen molar-refractivity contribution in [2.24, 2.45) is 0 Å². The predicted octanol–water partition coefficient (Wildman–Crippen LogP) is 0.952. The molecule has 2 aromatic carbocycles. The van der Waals surface area contributed by atoms with Crippen LogP contribution in [0, 0.1) is 12.7 Å². The zero-order valence-corrected chi connectivity index (χ0v) is 18.9. The molecule has 10 heteroatoms. The number of hydrogen-bond donors (Lipinski definition) is 1. The number of carbonyl (C=O) groups excluding carboxylic acids is 1. The Hall–Kier alpha value is -3.63. The largest absolute Gasteiger partial charge is 0.379 e. The first kappa shape index (κ1) is 23.5. The number of ether oxygens (including phenoxy) is 1. The van der Waals surface area contributed by atoms with Gasteiger partial charge in [0, 0.05) is 26.2 Å². The normalized spacial score (nSPS) is 14.2. The second-order valence-corrected chi connectivity index (χ2v) is 8.11. The lowest BCUT2D eigenvalue weighted by Crippen LogP contribution is -2.47. The molecule has 1 amide bonds. The van der Waals surface area contributed by atoms with E-state index in [-0.39, 0.29) is 12.2 Å². The maximum atomic E-state index is 13.8. The summed E-state index contributed by atoms with van der Waals surface area (Å²) >= 11 is 0. The molecule has 1 aliphatic heterocycles. The molecular weight excluding hydrogens is 441 g/mol. The summed E-state index contributed by atoms with van der Waals surface area (Å²) < 4.78 is 21.0. The zero-order chi connectivity index (χ0) is 24.1. The van der Waals surface area contributed by atoms with Gasteiger partial charge >= 0.3 is 5.69 Å². The Labute approximate surface area is 195 Å². The monoisotopic (exact) mass is 467 g/mol. The highest BCUT2D eigenvalue weighted by Crippen LogP contribution is 2.07. The van der Waals surface area contributed by atoms with Gasteiger partial charge in [-0.3, -0.25) is 19.1 Å². The van der Waals surface area contributed by atoms with Crippen molar-refractivity contribution < 1.29 is 13.9 Å². The molecule has 0 unspecified atom stereocenters. The van der Waals surface area contributed by atoms with Gasteiger partial charge in [0.1, 0.15) is 5.82 Å². The minimum atomic E-state index is -0.804. The number of nitrogens with one attached hydrogen (secondary N) is 1. The fourth-order valence-electron chi connectivity index (χ4n) is 3.68. The van der Waals surface area contributed by atoms with Gasteiger partial charge in [-0.25, -0.2) is 9.18 Å². The minimum absolute atomic E-state index is 0.0517. The fraction of sp³-hybridized carbons (Fsp3) is 0.333. The van der Waals surface area contributed by atoms with Crippen LogP contribution in [0.1, 0.15) is 21.6 Å². The van der Waals surface area contributed by atoms with Crippen LogP contribution in [0.3, 0.4) is 0 Å². The molecule has 4 rings (SSSR count). The molecule has 1 N–H and O–H groups in total. The second kappa shape index (κ2) is 10.5. The van der Waals surface area contributed by atoms with E-state index in [9.17, 15) is 18.8 Å². The van der Waals surface area contributed by atoms with Gasteiger partial charge in [0.25, 0.3) is 11.5 Å². The van der Waals surface area contributed by atoms with Crippen molar-refractivity contribution in [2.75, 3.05) is 39.4 Å². The van der Waals surface area contributed by atoms with E-state index in [1.807, 2.05) is 19.1 Å². The van der Waals surface area contributed by atoms with Crippen LogP contribution in [0.15, 0.2) is 58.1 Å². The molecule has 9 nitrogen and oxygen atoms in total. The summed E-state index contributed by atoms with van der Waals surface area (Å²) in [4.78, 5) is 41.3. The molecule has 0 spiro atoms. The van der Waals surface area contributed by atoms with Crippen LogP contribution in [0.4, 0.5) is 4.39 Å². The van der Waals surface area contributed by atoms with Gasteiger partial charge in [0.2, 0.25) is 5.69 Å². The van der Waals surface area contributed by atoms with Crippen LogP contribution < -0.4 is 16.6 Å². The molecular formula is C24H26FN5O4. The highest BCUT2D eigenvalue weighted by atomic mass is 19.1. The topological polar surface area (TPSA) is 98.5 Å². The van der Waals surface area contributed by atoms with Crippen molar-refractivity contribution in [1.29, 1.82) is 0 Å². The van der Waals surface area contributed by atoms with E-state index in [2.05, 4.69) is 15.3 Å². The minimum Gasteiger partial charge on any atom is -0.379 e. The van der Waals surface area contributed by atoms with E-state index in [0.717, 1.165) is 34.0 Å². The molecule has 3 aromatic rings. The lowest BCUT2D eigenvalue weighted by molar-refractivity contribution is 0.0383. The molecule has 1 aliphatic rings. The van der Waals surface area contributed by atoms with Crippen molar-refractivity contribution in [2.45, 2.75) is 13.5 Å². The Balaban J connectivity index is 1.67. The Morgan fingerprint density at radius 3 is 2.56 bits per heavy atom. The number of carbonyl (C=O) groups is 1. The predicted molar refractivity (Wildman–Crippen MR) is 124 cm³/mol. The van der Waals surface area contributed by atoms with Crippen LogP contribution >= 0.6 is 0 Å². The van der Waals surface area contributed by atoms with Crippen molar-refractivity contribution in [3.63, 3.8) is 0 Å². The summed E-state index contributed by atoms with van der Waals surface area (Å²) in [6, 6.07) is 12.6. The highest BCUT2D eigenvalue weighted by molar-refractivity contribution is 5.91. The van der Waals surface area contributed by atoms with Crippen LogP contribution in [-0.2, 0) is 11.3 Å². The zero-order valence-electron chi connectivity index (χ0n) is 18.9. The maximum absolute atomic E-state index is 13.8. The highest BCUT2D eigenvalue weighted by Gasteiger charge is 2.21. The number of aryl methyl sites for hydroxylation is 1. The third-order valence-corrected chi connectivity index (χ3v) is 5.61. The van der Waals surface area contributed by atoms with Crippen molar-refractivity contribution in [1.82, 2.24) is 24.6 Å². The average Bonchev–Trinajstić information content (AvgIpc) is 2.83. The number of nitrogens with zero attached hydrogens (tertiary/aromatic N) is 4. The number of rotatable bonds is 7. The number of aromatic nitrogens is 3. The van der Waals surface area contributed by atoms with Crippen molar-refractivity contribution in [3.05, 3.63) is 92.0 Å². The standard InChI is InChI=1S/C24H26FN5O4/c1-17-5-7-18(8-6-17)16-29-23(32)21(22(31)26-9-10-28-11-13-34-14-12-28)27-30(24(29)33)20-4-2-3-19(25)15-20/h2-8,15H,9-14,16H2,1H3,(H,26,31).